The van der Waals surface area contributed by atoms with Crippen molar-refractivity contribution in [3.63, 3.8) is 0 Å². The van der Waals surface area contributed by atoms with Gasteiger partial charge in [0.05, 0.1) is 12.6 Å². The molecule has 3 rings (SSSR count). The number of carbonyl (C=O) groups excluding carboxylic acids is 2. The Balaban J connectivity index is 0.000000414. The third-order valence-electron chi connectivity index (χ3n) is 8.32. The van der Waals surface area contributed by atoms with Crippen molar-refractivity contribution in [1.82, 2.24) is 9.80 Å². The fourth-order valence-corrected chi connectivity index (χ4v) is 5.45. The van der Waals surface area contributed by atoms with Crippen LogP contribution in [0.1, 0.15) is 78.8 Å². The number of benzene rings is 1. The summed E-state index contributed by atoms with van der Waals surface area (Å²) in [5, 5.41) is 27.2. The van der Waals surface area contributed by atoms with Crippen molar-refractivity contribution in [2.24, 2.45) is 16.6 Å². The number of alkyl halides is 4. The summed E-state index contributed by atoms with van der Waals surface area (Å²) in [6, 6.07) is 9.31. The van der Waals surface area contributed by atoms with Crippen molar-refractivity contribution in [3.8, 4) is 0 Å². The summed E-state index contributed by atoms with van der Waals surface area (Å²) in [5.41, 5.74) is 0.254. The van der Waals surface area contributed by atoms with Crippen LogP contribution in [0.2, 0.25) is 0 Å². The molecule has 5 N–H and O–H groups in total. The number of likely N-dealkylation sites (tertiary alicyclic amines) is 2. The van der Waals surface area contributed by atoms with Crippen LogP contribution >= 0.6 is 0 Å². The minimum Gasteiger partial charge on any atom is -0.481 e. The summed E-state index contributed by atoms with van der Waals surface area (Å²) in [7, 11) is 0. The number of carboxylic acids is 2. The number of carbonyl (C=O) groups is 4. The number of nitrogens with two attached hydrogens (primary N) is 1. The molecule has 2 saturated heterocycles. The van der Waals surface area contributed by atoms with Crippen LogP contribution in [0, 0.1) is 10.8 Å². The van der Waals surface area contributed by atoms with E-state index in [2.05, 4.69) is 13.2 Å². The van der Waals surface area contributed by atoms with Crippen molar-refractivity contribution < 1.29 is 61.5 Å². The number of rotatable bonds is 8. The standard InChI is InChI=1S/2C14H21F2NO4.C8H11NO/c2*1-5-14(15,16)13(10(18)19)7-6-8-17(9-13)11(20)21-12(2,3)4;9-8(6-10)7-4-2-1-3-5-7/h2*5H,1,6-9H2,2-4H3,(H,18,19);1-5,8,10H,6,9H2/t;;8-/m..1/s1. The maximum Gasteiger partial charge on any atom is 0.410 e. The second-order valence-corrected chi connectivity index (χ2v) is 14.6. The molecule has 2 amide bonds. The van der Waals surface area contributed by atoms with E-state index in [1.54, 1.807) is 41.5 Å². The predicted molar refractivity (Wildman–Crippen MR) is 185 cm³/mol. The van der Waals surface area contributed by atoms with Gasteiger partial charge in [-0.25, -0.2) is 27.2 Å². The summed E-state index contributed by atoms with van der Waals surface area (Å²) in [4.78, 5) is 48.9. The second-order valence-electron chi connectivity index (χ2n) is 14.6. The van der Waals surface area contributed by atoms with E-state index in [0.29, 0.717) is 12.2 Å². The lowest BCUT2D eigenvalue weighted by molar-refractivity contribution is -0.179. The molecule has 2 heterocycles. The van der Waals surface area contributed by atoms with Gasteiger partial charge in [-0.15, -0.1) is 0 Å². The van der Waals surface area contributed by atoms with E-state index < -0.39 is 71.1 Å². The molecule has 0 spiro atoms. The number of amides is 2. The molecule has 2 aliphatic rings. The smallest absolute Gasteiger partial charge is 0.410 e. The van der Waals surface area contributed by atoms with Crippen LogP contribution in [0.25, 0.3) is 0 Å². The van der Waals surface area contributed by atoms with Gasteiger partial charge in [0.2, 0.25) is 0 Å². The first-order chi connectivity index (χ1) is 23.7. The predicted octanol–water partition coefficient (Wildman–Crippen LogP) is 6.50. The van der Waals surface area contributed by atoms with Crippen LogP contribution in [0.4, 0.5) is 27.2 Å². The lowest BCUT2D eigenvalue weighted by Crippen LogP contribution is -2.58. The number of allylic oxidation sites excluding steroid dienone is 2. The average Bonchev–Trinajstić information content (AvgIpc) is 3.07. The number of hydrogen-bond acceptors (Lipinski definition) is 8. The summed E-state index contributed by atoms with van der Waals surface area (Å²) >= 11 is 0. The highest BCUT2D eigenvalue weighted by Crippen LogP contribution is 2.46. The lowest BCUT2D eigenvalue weighted by Gasteiger charge is -2.43. The number of carboxylic acid groups (broad SMARTS) is 2. The molecule has 1 aromatic rings. The number of aliphatic hydroxyl groups excluding tert-OH is 1. The SMILES string of the molecule is C=CC(F)(F)C1(C(=O)O)CCCN(C(=O)OC(C)(C)C)C1.C=CC(F)(F)C1(C(=O)O)CCCN(C(=O)OC(C)(C)C)C1.N[C@H](CO)c1ccccc1. The summed E-state index contributed by atoms with van der Waals surface area (Å²) in [6.07, 6.45) is -1.02. The third-order valence-corrected chi connectivity index (χ3v) is 8.32. The Kier molecular flexibility index (Phi) is 15.9. The number of hydrogen-bond donors (Lipinski definition) is 4. The molecule has 16 heteroatoms. The number of aliphatic carboxylic acids is 2. The van der Waals surface area contributed by atoms with Gasteiger partial charge in [-0.1, -0.05) is 43.5 Å². The van der Waals surface area contributed by atoms with Gasteiger partial charge in [-0.2, -0.15) is 0 Å². The minimum atomic E-state index is -3.61. The van der Waals surface area contributed by atoms with E-state index in [0.717, 1.165) is 15.4 Å². The number of ether oxygens (including phenoxy) is 2. The molecule has 3 atom stereocenters. The topological polar surface area (TPSA) is 180 Å². The van der Waals surface area contributed by atoms with E-state index in [4.69, 9.17) is 20.3 Å². The van der Waals surface area contributed by atoms with Crippen LogP contribution in [0.3, 0.4) is 0 Å². The van der Waals surface area contributed by atoms with Gasteiger partial charge in [0.25, 0.3) is 11.8 Å². The van der Waals surface area contributed by atoms with E-state index in [9.17, 15) is 47.0 Å². The van der Waals surface area contributed by atoms with Crippen molar-refractivity contribution in [3.05, 3.63) is 61.2 Å². The maximum absolute atomic E-state index is 14.0. The zero-order chi connectivity index (χ0) is 40.3. The van der Waals surface area contributed by atoms with Gasteiger partial charge in [0, 0.05) is 26.2 Å². The Morgan fingerprint density at radius 1 is 0.788 bits per heavy atom. The quantitative estimate of drug-likeness (QED) is 0.169. The molecule has 52 heavy (non-hydrogen) atoms. The van der Waals surface area contributed by atoms with E-state index >= 15 is 0 Å². The highest BCUT2D eigenvalue weighted by atomic mass is 19.3. The van der Waals surface area contributed by atoms with Gasteiger partial charge < -0.3 is 40.3 Å². The Morgan fingerprint density at radius 2 is 1.13 bits per heavy atom. The molecule has 0 aliphatic carbocycles. The van der Waals surface area contributed by atoms with Crippen LogP contribution in [0.15, 0.2) is 55.6 Å². The number of piperidine rings is 2. The van der Waals surface area contributed by atoms with Crippen LogP contribution in [0.5, 0.6) is 0 Å². The zero-order valence-corrected chi connectivity index (χ0v) is 30.7. The number of aliphatic hydroxyl groups is 1. The van der Waals surface area contributed by atoms with E-state index in [-0.39, 0.29) is 51.4 Å². The highest BCUT2D eigenvalue weighted by molar-refractivity contribution is 5.79. The van der Waals surface area contributed by atoms with Crippen molar-refractivity contribution in [2.45, 2.75) is 96.3 Å². The maximum atomic E-state index is 14.0. The van der Waals surface area contributed by atoms with Crippen LogP contribution < -0.4 is 5.73 Å². The molecule has 1 aromatic carbocycles. The molecule has 294 valence electrons. The van der Waals surface area contributed by atoms with Gasteiger partial charge in [0.15, 0.2) is 10.8 Å². The normalized spacial score (nSPS) is 21.5. The van der Waals surface area contributed by atoms with Gasteiger partial charge in [0.1, 0.15) is 11.2 Å². The molecular weight excluding hydrogens is 694 g/mol. The van der Waals surface area contributed by atoms with Crippen molar-refractivity contribution in [2.75, 3.05) is 32.8 Å². The first-order valence-electron chi connectivity index (χ1n) is 16.6. The highest BCUT2D eigenvalue weighted by Gasteiger charge is 2.61. The van der Waals surface area contributed by atoms with Gasteiger partial charge in [-0.3, -0.25) is 9.59 Å². The third kappa shape index (κ3) is 11.9. The largest absolute Gasteiger partial charge is 0.481 e. The Bertz CT molecular complexity index is 1320. The van der Waals surface area contributed by atoms with E-state index in [1.165, 1.54) is 0 Å². The molecule has 2 unspecified atom stereocenters. The zero-order valence-electron chi connectivity index (χ0n) is 30.7. The fraction of sp³-hybridized carbons (Fsp3) is 0.611. The second kappa shape index (κ2) is 18.0. The molecule has 0 radical (unpaired) electrons. The Labute approximate surface area is 302 Å². The molecule has 2 aliphatic heterocycles. The first-order valence-corrected chi connectivity index (χ1v) is 16.6. The fourth-order valence-electron chi connectivity index (χ4n) is 5.45. The lowest BCUT2D eigenvalue weighted by atomic mass is 9.74. The number of halogens is 4. The summed E-state index contributed by atoms with van der Waals surface area (Å²) in [6.45, 7) is 15.1. The van der Waals surface area contributed by atoms with Crippen molar-refractivity contribution in [1.29, 1.82) is 0 Å². The summed E-state index contributed by atoms with van der Waals surface area (Å²) < 4.78 is 66.4. The first kappa shape index (κ1) is 45.8. The van der Waals surface area contributed by atoms with Crippen LogP contribution in [-0.2, 0) is 19.1 Å². The molecule has 2 fully saturated rings. The van der Waals surface area contributed by atoms with Crippen molar-refractivity contribution >= 4 is 24.1 Å². The van der Waals surface area contributed by atoms with Crippen LogP contribution in [-0.4, -0.2) is 105 Å². The molecule has 12 nitrogen and oxygen atoms in total. The monoisotopic (exact) mass is 747 g/mol. The van der Waals surface area contributed by atoms with Gasteiger partial charge >= 0.3 is 24.1 Å². The molecule has 0 saturated carbocycles. The Morgan fingerprint density at radius 3 is 1.40 bits per heavy atom. The minimum absolute atomic E-state index is 0.00398. The number of nitrogens with zero attached hydrogens (tertiary/aromatic N) is 2. The van der Waals surface area contributed by atoms with E-state index in [1.807, 2.05) is 30.3 Å². The summed E-state index contributed by atoms with van der Waals surface area (Å²) in [5.74, 6) is -10.5. The van der Waals surface area contributed by atoms with Gasteiger partial charge in [-0.05, 0) is 84.9 Å². The Hall–Kier alpha value is -4.18. The molecule has 0 aromatic heterocycles. The molecule has 0 bridgehead atoms. The average molecular weight is 748 g/mol. The molecular formula is C36H53F4N3O9.